The molecule has 0 heterocycles. The van der Waals surface area contributed by atoms with Gasteiger partial charge in [0.25, 0.3) is 0 Å². The maximum Gasteiger partial charge on any atom is 1.00 e. The summed E-state index contributed by atoms with van der Waals surface area (Å²) in [6.45, 7) is 4.25. The number of thiol groups is 2. The van der Waals surface area contributed by atoms with Crippen molar-refractivity contribution < 1.29 is 62.0 Å². The summed E-state index contributed by atoms with van der Waals surface area (Å²) in [6.07, 6.45) is 0. The summed E-state index contributed by atoms with van der Waals surface area (Å²) in [5, 5.41) is 0. The number of hydrogen-bond acceptors (Lipinski definition) is 2. The first-order chi connectivity index (χ1) is 3.12. The molecule has 0 fully saturated rings. The summed E-state index contributed by atoms with van der Waals surface area (Å²) in [7, 11) is -0.769. The molecular formula is C4H14Na2S3. The van der Waals surface area contributed by atoms with Gasteiger partial charge in [0.15, 0.2) is 0 Å². The van der Waals surface area contributed by atoms with Gasteiger partial charge in [-0.25, -0.2) is 0 Å². The molecule has 0 amide bonds. The molecule has 0 atom stereocenters. The van der Waals surface area contributed by atoms with Crippen LogP contribution in [-0.4, -0.2) is 11.5 Å². The zero-order valence-electron chi connectivity index (χ0n) is 8.72. The minimum Gasteiger partial charge on any atom is -1.00 e. The Kier molecular flexibility index (Phi) is 18.2. The third-order valence-electron chi connectivity index (χ3n) is 0.925. The Morgan fingerprint density at radius 1 is 1.11 bits per heavy atom. The molecule has 0 aromatic heterocycles. The smallest absolute Gasteiger partial charge is 1.00 e. The molecule has 9 heavy (non-hydrogen) atoms. The van der Waals surface area contributed by atoms with Crippen LogP contribution in [0, 0.1) is 0 Å². The van der Waals surface area contributed by atoms with E-state index in [0.717, 1.165) is 11.5 Å². The van der Waals surface area contributed by atoms with Crippen molar-refractivity contribution in [3.05, 3.63) is 0 Å². The van der Waals surface area contributed by atoms with Gasteiger partial charge in [-0.1, -0.05) is 13.8 Å². The Bertz CT molecular complexity index is 59.3. The second-order valence-electron chi connectivity index (χ2n) is 1.38. The van der Waals surface area contributed by atoms with E-state index in [-0.39, 0.29) is 62.0 Å². The fraction of sp³-hybridized carbons (Fsp3) is 1.00. The third kappa shape index (κ3) is 11.0. The Balaban J connectivity index is -0.0000000300. The van der Waals surface area contributed by atoms with Crippen LogP contribution in [0.4, 0.5) is 0 Å². The van der Waals surface area contributed by atoms with Gasteiger partial charge in [-0.15, -0.1) is 23.3 Å². The summed E-state index contributed by atoms with van der Waals surface area (Å²) < 4.78 is 0. The van der Waals surface area contributed by atoms with Gasteiger partial charge < -0.3 is 2.85 Å². The fourth-order valence-electron chi connectivity index (χ4n) is 0.204. The Hall–Kier alpha value is 3.05. The van der Waals surface area contributed by atoms with E-state index in [1.165, 1.54) is 0 Å². The minimum atomic E-state index is -0.769. The topological polar surface area (TPSA) is 0 Å². The molecule has 0 N–H and O–H groups in total. The molecule has 0 radical (unpaired) electrons. The van der Waals surface area contributed by atoms with E-state index >= 15 is 0 Å². The molecular weight excluding hydrogens is 190 g/mol. The molecule has 0 spiro atoms. The average molecular weight is 204 g/mol. The van der Waals surface area contributed by atoms with E-state index in [0.29, 0.717) is 0 Å². The fourth-order valence-corrected chi connectivity index (χ4v) is 0.612. The van der Waals surface area contributed by atoms with Crippen LogP contribution in [0.3, 0.4) is 0 Å². The van der Waals surface area contributed by atoms with Crippen LogP contribution in [0.25, 0.3) is 0 Å². The van der Waals surface area contributed by atoms with E-state index in [9.17, 15) is 0 Å². The first-order valence-corrected chi connectivity index (χ1v) is 6.43. The molecule has 0 aliphatic carbocycles. The van der Waals surface area contributed by atoms with Crippen molar-refractivity contribution in [3.63, 3.8) is 0 Å². The van der Waals surface area contributed by atoms with E-state index in [1.54, 1.807) is 0 Å². The summed E-state index contributed by atoms with van der Waals surface area (Å²) >= 11 is 8.67. The SMILES string of the molecule is CCS(S)(S)CC.[H-].[H-].[Na+].[Na+]. The van der Waals surface area contributed by atoms with Crippen molar-refractivity contribution in [2.75, 3.05) is 11.5 Å². The number of hydrogen-bond donors (Lipinski definition) is 2. The van der Waals surface area contributed by atoms with Gasteiger partial charge in [-0.05, 0) is 11.5 Å². The second kappa shape index (κ2) is 9.14. The van der Waals surface area contributed by atoms with Crippen molar-refractivity contribution in [3.8, 4) is 0 Å². The molecule has 0 aliphatic rings. The first kappa shape index (κ1) is 18.0. The van der Waals surface area contributed by atoms with Gasteiger partial charge in [0.2, 0.25) is 0 Å². The van der Waals surface area contributed by atoms with Gasteiger partial charge in [0.05, 0.1) is 0 Å². The van der Waals surface area contributed by atoms with Gasteiger partial charge in [0.1, 0.15) is 0 Å². The molecule has 0 saturated heterocycles. The van der Waals surface area contributed by atoms with Crippen LogP contribution in [0.2, 0.25) is 0 Å². The summed E-state index contributed by atoms with van der Waals surface area (Å²) in [5.41, 5.74) is 0. The first-order valence-electron chi connectivity index (χ1n) is 2.36. The Morgan fingerprint density at radius 2 is 1.33 bits per heavy atom. The van der Waals surface area contributed by atoms with Gasteiger partial charge in [-0.2, -0.15) is 8.09 Å². The molecule has 0 aromatic carbocycles. The molecule has 0 nitrogen and oxygen atoms in total. The minimum absolute atomic E-state index is 0. The standard InChI is InChI=1S/C4H12S3.2Na.2H/c1-3-7(5,6)4-2;;;;/h5-6H,3-4H2,1-2H3;;;;/q;2*+1;2*-1. The molecule has 0 bridgehead atoms. The van der Waals surface area contributed by atoms with Crippen LogP contribution in [0.15, 0.2) is 0 Å². The molecule has 0 saturated carbocycles. The molecule has 0 unspecified atom stereocenters. The summed E-state index contributed by atoms with van der Waals surface area (Å²) in [6, 6.07) is 0. The van der Waals surface area contributed by atoms with Crippen LogP contribution in [0.1, 0.15) is 16.7 Å². The zero-order valence-corrected chi connectivity index (χ0v) is 13.3. The predicted octanol–water partition coefficient (Wildman–Crippen LogP) is -3.25. The van der Waals surface area contributed by atoms with E-state index in [2.05, 4.69) is 37.2 Å². The normalized spacial score (nSPS) is 11.1. The van der Waals surface area contributed by atoms with Crippen LogP contribution in [0.5, 0.6) is 0 Å². The predicted molar refractivity (Wildman–Crippen MR) is 48.9 cm³/mol. The molecule has 0 rings (SSSR count). The zero-order chi connectivity index (χ0) is 5.91. The monoisotopic (exact) mass is 204 g/mol. The van der Waals surface area contributed by atoms with Crippen molar-refractivity contribution in [1.82, 2.24) is 0 Å². The maximum absolute atomic E-state index is 4.33. The molecule has 0 aliphatic heterocycles. The van der Waals surface area contributed by atoms with Crippen LogP contribution >= 0.6 is 31.4 Å². The Labute approximate surface area is 117 Å². The van der Waals surface area contributed by atoms with Crippen molar-refractivity contribution in [1.29, 1.82) is 0 Å². The number of rotatable bonds is 2. The third-order valence-corrected chi connectivity index (χ3v) is 5.87. The summed E-state index contributed by atoms with van der Waals surface area (Å²) in [5.74, 6) is 2.21. The van der Waals surface area contributed by atoms with E-state index in [4.69, 9.17) is 0 Å². The van der Waals surface area contributed by atoms with E-state index in [1.807, 2.05) is 0 Å². The average Bonchev–Trinajstić information content (AvgIpc) is 1.68. The largest absolute Gasteiger partial charge is 1.00 e. The second-order valence-corrected chi connectivity index (χ2v) is 9.20. The molecule has 0 aromatic rings. The van der Waals surface area contributed by atoms with Crippen LogP contribution < -0.4 is 59.1 Å². The molecule has 50 valence electrons. The van der Waals surface area contributed by atoms with Gasteiger partial charge in [-0.3, -0.25) is 0 Å². The van der Waals surface area contributed by atoms with Gasteiger partial charge >= 0.3 is 59.1 Å². The Morgan fingerprint density at radius 3 is 1.33 bits per heavy atom. The van der Waals surface area contributed by atoms with Crippen LogP contribution in [-0.2, 0) is 0 Å². The van der Waals surface area contributed by atoms with Crippen molar-refractivity contribution >= 4 is 31.4 Å². The van der Waals surface area contributed by atoms with Gasteiger partial charge in [0, 0.05) is 0 Å². The molecule has 5 heteroatoms. The van der Waals surface area contributed by atoms with Crippen molar-refractivity contribution in [2.45, 2.75) is 13.8 Å². The summed E-state index contributed by atoms with van der Waals surface area (Å²) in [4.78, 5) is 0. The maximum atomic E-state index is 4.33. The quantitative estimate of drug-likeness (QED) is 0.264. The van der Waals surface area contributed by atoms with E-state index < -0.39 is 8.09 Å². The van der Waals surface area contributed by atoms with Crippen molar-refractivity contribution in [2.24, 2.45) is 0 Å².